The lowest BCUT2D eigenvalue weighted by atomic mass is 10.0. The fraction of sp³-hybridized carbons (Fsp3) is 0.538. The summed E-state index contributed by atoms with van der Waals surface area (Å²) >= 11 is 0. The molecule has 0 amide bonds. The molecule has 0 saturated carbocycles. The molecule has 17 heavy (non-hydrogen) atoms. The lowest BCUT2D eigenvalue weighted by Gasteiger charge is -2.19. The zero-order valence-electron chi connectivity index (χ0n) is 10.6. The smallest absolute Gasteiger partial charge is 0.123 e. The molecule has 3 nitrogen and oxygen atoms in total. The molecule has 0 heterocycles. The molecule has 0 aliphatic carbocycles. The van der Waals surface area contributed by atoms with Crippen LogP contribution >= 0.6 is 0 Å². The van der Waals surface area contributed by atoms with Gasteiger partial charge in [0.15, 0.2) is 0 Å². The van der Waals surface area contributed by atoms with E-state index in [0.717, 1.165) is 12.0 Å². The molecule has 0 fully saturated rings. The van der Waals surface area contributed by atoms with E-state index in [0.29, 0.717) is 19.0 Å². The van der Waals surface area contributed by atoms with Crippen LogP contribution in [0.15, 0.2) is 18.2 Å². The first-order chi connectivity index (χ1) is 8.22. The highest BCUT2D eigenvalue weighted by Crippen LogP contribution is 2.27. The summed E-state index contributed by atoms with van der Waals surface area (Å²) in [6, 6.07) is 4.59. The van der Waals surface area contributed by atoms with Crippen LogP contribution in [0.3, 0.4) is 0 Å². The van der Waals surface area contributed by atoms with Gasteiger partial charge in [0.05, 0.1) is 7.11 Å². The van der Waals surface area contributed by atoms with E-state index in [1.165, 1.54) is 12.1 Å². The Morgan fingerprint density at radius 2 is 2.18 bits per heavy atom. The number of benzene rings is 1. The summed E-state index contributed by atoms with van der Waals surface area (Å²) in [6.45, 7) is 3.29. The first kappa shape index (κ1) is 13.9. The van der Waals surface area contributed by atoms with Gasteiger partial charge in [-0.15, -0.1) is 0 Å². The van der Waals surface area contributed by atoms with Gasteiger partial charge in [-0.1, -0.05) is 0 Å². The van der Waals surface area contributed by atoms with E-state index < -0.39 is 0 Å². The SMILES string of the molecule is CCOCCC(NC)c1cc(F)ccc1OC. The van der Waals surface area contributed by atoms with Crippen LogP contribution in [0.1, 0.15) is 24.9 Å². The Bertz CT molecular complexity index is 344. The summed E-state index contributed by atoms with van der Waals surface area (Å²) in [5.74, 6) is 0.444. The normalized spacial score (nSPS) is 12.5. The Labute approximate surface area is 102 Å². The Morgan fingerprint density at radius 3 is 2.76 bits per heavy atom. The number of hydrogen-bond donors (Lipinski definition) is 1. The van der Waals surface area contributed by atoms with E-state index in [2.05, 4.69) is 5.32 Å². The quantitative estimate of drug-likeness (QED) is 0.744. The van der Waals surface area contributed by atoms with Gasteiger partial charge in [-0.3, -0.25) is 0 Å². The monoisotopic (exact) mass is 241 g/mol. The standard InChI is InChI=1S/C13H20FNO2/c1-4-17-8-7-12(15-2)11-9-10(14)5-6-13(11)16-3/h5-6,9,12,15H,4,7-8H2,1-3H3. The molecule has 1 N–H and O–H groups in total. The molecule has 0 aromatic heterocycles. The number of nitrogens with one attached hydrogen (secondary N) is 1. The topological polar surface area (TPSA) is 30.5 Å². The Balaban J connectivity index is 2.82. The molecule has 1 atom stereocenters. The maximum Gasteiger partial charge on any atom is 0.123 e. The van der Waals surface area contributed by atoms with Crippen molar-refractivity contribution >= 4 is 0 Å². The fourth-order valence-corrected chi connectivity index (χ4v) is 1.78. The average Bonchev–Trinajstić information content (AvgIpc) is 2.35. The van der Waals surface area contributed by atoms with E-state index in [-0.39, 0.29) is 11.9 Å². The molecule has 1 aromatic carbocycles. The van der Waals surface area contributed by atoms with Gasteiger partial charge in [0.25, 0.3) is 0 Å². The highest BCUT2D eigenvalue weighted by Gasteiger charge is 2.15. The first-order valence-electron chi connectivity index (χ1n) is 5.81. The van der Waals surface area contributed by atoms with Crippen LogP contribution in [0, 0.1) is 5.82 Å². The molecule has 1 unspecified atom stereocenters. The molecular formula is C13H20FNO2. The van der Waals surface area contributed by atoms with Crippen molar-refractivity contribution < 1.29 is 13.9 Å². The van der Waals surface area contributed by atoms with Gasteiger partial charge in [-0.2, -0.15) is 0 Å². The van der Waals surface area contributed by atoms with E-state index in [1.807, 2.05) is 14.0 Å². The summed E-state index contributed by atoms with van der Waals surface area (Å²) in [6.07, 6.45) is 0.782. The second-order valence-electron chi connectivity index (χ2n) is 3.71. The van der Waals surface area contributed by atoms with Crippen LogP contribution in [0.5, 0.6) is 5.75 Å². The van der Waals surface area contributed by atoms with Crippen LogP contribution in [-0.2, 0) is 4.74 Å². The van der Waals surface area contributed by atoms with E-state index in [4.69, 9.17) is 9.47 Å². The summed E-state index contributed by atoms with van der Waals surface area (Å²) in [5, 5.41) is 3.15. The minimum atomic E-state index is -0.252. The third-order valence-corrected chi connectivity index (χ3v) is 2.67. The average molecular weight is 241 g/mol. The maximum atomic E-state index is 13.3. The van der Waals surface area contributed by atoms with Crippen molar-refractivity contribution in [3.8, 4) is 5.75 Å². The summed E-state index contributed by atoms with van der Waals surface area (Å²) in [4.78, 5) is 0. The Hall–Kier alpha value is -1.13. The van der Waals surface area contributed by atoms with E-state index in [9.17, 15) is 4.39 Å². The minimum Gasteiger partial charge on any atom is -0.496 e. The van der Waals surface area contributed by atoms with Gasteiger partial charge < -0.3 is 14.8 Å². The van der Waals surface area contributed by atoms with Crippen LogP contribution in [0.25, 0.3) is 0 Å². The van der Waals surface area contributed by atoms with Gasteiger partial charge >= 0.3 is 0 Å². The highest BCUT2D eigenvalue weighted by atomic mass is 19.1. The lowest BCUT2D eigenvalue weighted by molar-refractivity contribution is 0.137. The number of ether oxygens (including phenoxy) is 2. The van der Waals surface area contributed by atoms with Crippen LogP contribution in [0.4, 0.5) is 4.39 Å². The minimum absolute atomic E-state index is 0.0344. The number of rotatable bonds is 7. The predicted octanol–water partition coefficient (Wildman–Crippen LogP) is 2.52. The molecule has 0 bridgehead atoms. The summed E-state index contributed by atoms with van der Waals surface area (Å²) in [7, 11) is 3.44. The van der Waals surface area contributed by atoms with Crippen molar-refractivity contribution in [3.05, 3.63) is 29.6 Å². The Kier molecular flexibility index (Phi) is 5.94. The zero-order chi connectivity index (χ0) is 12.7. The molecule has 0 radical (unpaired) electrons. The number of hydrogen-bond acceptors (Lipinski definition) is 3. The number of methoxy groups -OCH3 is 1. The van der Waals surface area contributed by atoms with Gasteiger partial charge in [0, 0.05) is 24.8 Å². The molecular weight excluding hydrogens is 221 g/mol. The Morgan fingerprint density at radius 1 is 1.41 bits per heavy atom. The highest BCUT2D eigenvalue weighted by molar-refractivity contribution is 5.36. The van der Waals surface area contributed by atoms with Crippen LogP contribution in [0.2, 0.25) is 0 Å². The molecule has 1 aromatic rings. The van der Waals surface area contributed by atoms with Gasteiger partial charge in [0.2, 0.25) is 0 Å². The van der Waals surface area contributed by atoms with E-state index in [1.54, 1.807) is 13.2 Å². The van der Waals surface area contributed by atoms with E-state index >= 15 is 0 Å². The zero-order valence-corrected chi connectivity index (χ0v) is 10.6. The van der Waals surface area contributed by atoms with Gasteiger partial charge in [-0.25, -0.2) is 4.39 Å². The third kappa shape index (κ3) is 3.98. The second-order valence-corrected chi connectivity index (χ2v) is 3.71. The van der Waals surface area contributed by atoms with Crippen molar-refractivity contribution in [2.45, 2.75) is 19.4 Å². The third-order valence-electron chi connectivity index (χ3n) is 2.67. The van der Waals surface area contributed by atoms with Crippen molar-refractivity contribution in [3.63, 3.8) is 0 Å². The summed E-state index contributed by atoms with van der Waals surface area (Å²) in [5.41, 5.74) is 0.828. The molecule has 0 aliphatic rings. The van der Waals surface area contributed by atoms with Crippen molar-refractivity contribution in [1.29, 1.82) is 0 Å². The van der Waals surface area contributed by atoms with Gasteiger partial charge in [0.1, 0.15) is 11.6 Å². The molecule has 96 valence electrons. The first-order valence-corrected chi connectivity index (χ1v) is 5.81. The van der Waals surface area contributed by atoms with Crippen LogP contribution < -0.4 is 10.1 Å². The van der Waals surface area contributed by atoms with Crippen molar-refractivity contribution in [2.75, 3.05) is 27.4 Å². The fourth-order valence-electron chi connectivity index (χ4n) is 1.78. The largest absolute Gasteiger partial charge is 0.496 e. The number of halogens is 1. The second kappa shape index (κ2) is 7.25. The summed E-state index contributed by atoms with van der Waals surface area (Å²) < 4.78 is 23.8. The predicted molar refractivity (Wildman–Crippen MR) is 65.9 cm³/mol. The van der Waals surface area contributed by atoms with Gasteiger partial charge in [-0.05, 0) is 38.6 Å². The lowest BCUT2D eigenvalue weighted by Crippen LogP contribution is -2.19. The van der Waals surface area contributed by atoms with Crippen molar-refractivity contribution in [1.82, 2.24) is 5.32 Å². The molecule has 0 saturated heterocycles. The maximum absolute atomic E-state index is 13.3. The van der Waals surface area contributed by atoms with Crippen molar-refractivity contribution in [2.24, 2.45) is 0 Å². The molecule has 1 rings (SSSR count). The molecule has 4 heteroatoms. The molecule has 0 aliphatic heterocycles. The van der Waals surface area contributed by atoms with Crippen LogP contribution in [-0.4, -0.2) is 27.4 Å². The molecule has 0 spiro atoms.